The van der Waals surface area contributed by atoms with Crippen LogP contribution in [0, 0.1) is 16.7 Å². The number of halogens is 1. The number of hydrogen-bond donors (Lipinski definition) is 0. The highest BCUT2D eigenvalue weighted by Crippen LogP contribution is 2.33. The van der Waals surface area contributed by atoms with Gasteiger partial charge in [0.25, 0.3) is 0 Å². The van der Waals surface area contributed by atoms with Crippen LogP contribution in [-0.2, 0) is 0 Å². The molecule has 1 aromatic rings. The lowest BCUT2D eigenvalue weighted by molar-refractivity contribution is 0.144. The molecule has 2 nitrogen and oxygen atoms in total. The Morgan fingerprint density at radius 2 is 1.95 bits per heavy atom. The van der Waals surface area contributed by atoms with Gasteiger partial charge in [-0.1, -0.05) is 48.7 Å². The summed E-state index contributed by atoms with van der Waals surface area (Å²) < 4.78 is 5.93. The summed E-state index contributed by atoms with van der Waals surface area (Å²) in [5, 5.41) is 9.85. The van der Waals surface area contributed by atoms with Crippen molar-refractivity contribution in [3.8, 4) is 11.8 Å². The minimum absolute atomic E-state index is 0.201. The van der Waals surface area contributed by atoms with Crippen LogP contribution in [0.3, 0.4) is 0 Å². The Balaban J connectivity index is 2.72. The summed E-state index contributed by atoms with van der Waals surface area (Å²) in [7, 11) is 0. The van der Waals surface area contributed by atoms with Gasteiger partial charge >= 0.3 is 0 Å². The Bertz CT molecular complexity index is 419. The van der Waals surface area contributed by atoms with Crippen LogP contribution in [0.25, 0.3) is 0 Å². The Morgan fingerprint density at radius 3 is 2.47 bits per heavy atom. The molecule has 0 fully saturated rings. The predicted octanol–water partition coefficient (Wildman–Crippen LogP) is 4.92. The standard InChI is InChI=1S/C16H22BrNO/c1-3-8-16(12-17,9-4-2)13-19-15-7-5-6-14(10-15)11-18/h5-7,10H,3-4,8-9,12-13H2,1-2H3. The van der Waals surface area contributed by atoms with Gasteiger partial charge in [0.2, 0.25) is 0 Å². The molecule has 0 saturated heterocycles. The zero-order valence-corrected chi connectivity index (χ0v) is 13.4. The second kappa shape index (κ2) is 8.22. The maximum absolute atomic E-state index is 8.89. The monoisotopic (exact) mass is 323 g/mol. The maximum atomic E-state index is 8.89. The summed E-state index contributed by atoms with van der Waals surface area (Å²) in [4.78, 5) is 0. The van der Waals surface area contributed by atoms with E-state index in [0.29, 0.717) is 12.2 Å². The summed E-state index contributed by atoms with van der Waals surface area (Å²) in [5.74, 6) is 0.789. The average molecular weight is 324 g/mol. The van der Waals surface area contributed by atoms with E-state index in [0.717, 1.165) is 36.8 Å². The SMILES string of the molecule is CCCC(CBr)(CCC)COc1cccc(C#N)c1. The van der Waals surface area contributed by atoms with Gasteiger partial charge in [-0.25, -0.2) is 0 Å². The van der Waals surface area contributed by atoms with Gasteiger partial charge < -0.3 is 4.74 Å². The van der Waals surface area contributed by atoms with Gasteiger partial charge in [0.1, 0.15) is 5.75 Å². The summed E-state index contributed by atoms with van der Waals surface area (Å²) in [6.45, 7) is 5.13. The van der Waals surface area contributed by atoms with Crippen LogP contribution in [0.5, 0.6) is 5.75 Å². The maximum Gasteiger partial charge on any atom is 0.120 e. The van der Waals surface area contributed by atoms with E-state index in [-0.39, 0.29) is 5.41 Å². The Hall–Kier alpha value is -1.01. The van der Waals surface area contributed by atoms with Gasteiger partial charge in [-0.3, -0.25) is 0 Å². The first-order chi connectivity index (χ1) is 9.19. The zero-order valence-electron chi connectivity index (χ0n) is 11.8. The molecule has 0 N–H and O–H groups in total. The van der Waals surface area contributed by atoms with Crippen molar-refractivity contribution < 1.29 is 4.74 Å². The smallest absolute Gasteiger partial charge is 0.120 e. The first-order valence-electron chi connectivity index (χ1n) is 6.88. The number of alkyl halides is 1. The van der Waals surface area contributed by atoms with E-state index in [2.05, 4.69) is 35.8 Å². The topological polar surface area (TPSA) is 33.0 Å². The fourth-order valence-corrected chi connectivity index (χ4v) is 3.12. The fraction of sp³-hybridized carbons (Fsp3) is 0.562. The van der Waals surface area contributed by atoms with Gasteiger partial charge in [-0.2, -0.15) is 5.26 Å². The molecular weight excluding hydrogens is 302 g/mol. The van der Waals surface area contributed by atoms with Crippen molar-refractivity contribution in [2.45, 2.75) is 39.5 Å². The molecule has 0 radical (unpaired) electrons. The second-order valence-electron chi connectivity index (χ2n) is 5.06. The summed E-state index contributed by atoms with van der Waals surface area (Å²) in [6.07, 6.45) is 4.63. The van der Waals surface area contributed by atoms with E-state index in [4.69, 9.17) is 10.00 Å². The molecule has 0 spiro atoms. The van der Waals surface area contributed by atoms with Gasteiger partial charge in [0.15, 0.2) is 0 Å². The van der Waals surface area contributed by atoms with Gasteiger partial charge in [-0.15, -0.1) is 0 Å². The molecule has 0 unspecified atom stereocenters. The molecule has 1 rings (SSSR count). The van der Waals surface area contributed by atoms with Crippen LogP contribution >= 0.6 is 15.9 Å². The van der Waals surface area contributed by atoms with Crippen LogP contribution in [0.1, 0.15) is 45.1 Å². The number of hydrogen-bond acceptors (Lipinski definition) is 2. The molecule has 0 amide bonds. The normalized spacial score (nSPS) is 11.1. The van der Waals surface area contributed by atoms with Crippen molar-refractivity contribution in [2.75, 3.05) is 11.9 Å². The minimum atomic E-state index is 0.201. The third-order valence-corrected chi connectivity index (χ3v) is 4.54. The highest BCUT2D eigenvalue weighted by molar-refractivity contribution is 9.09. The van der Waals surface area contributed by atoms with E-state index >= 15 is 0 Å². The number of ether oxygens (including phenoxy) is 1. The van der Waals surface area contributed by atoms with E-state index in [1.165, 1.54) is 0 Å². The molecule has 0 heterocycles. The molecule has 0 aliphatic rings. The Morgan fingerprint density at radius 1 is 1.26 bits per heavy atom. The molecule has 19 heavy (non-hydrogen) atoms. The highest BCUT2D eigenvalue weighted by Gasteiger charge is 2.28. The number of nitriles is 1. The minimum Gasteiger partial charge on any atom is -0.493 e. The van der Waals surface area contributed by atoms with E-state index in [1.807, 2.05) is 12.1 Å². The second-order valence-corrected chi connectivity index (χ2v) is 5.62. The quantitative estimate of drug-likeness (QED) is 0.636. The van der Waals surface area contributed by atoms with Crippen molar-refractivity contribution in [2.24, 2.45) is 5.41 Å². The van der Waals surface area contributed by atoms with Crippen molar-refractivity contribution in [1.82, 2.24) is 0 Å². The molecule has 104 valence electrons. The lowest BCUT2D eigenvalue weighted by Gasteiger charge is -2.31. The number of nitrogens with zero attached hydrogens (tertiary/aromatic N) is 1. The van der Waals surface area contributed by atoms with E-state index in [9.17, 15) is 0 Å². The lowest BCUT2D eigenvalue weighted by Crippen LogP contribution is -2.30. The van der Waals surface area contributed by atoms with Gasteiger partial charge in [-0.05, 0) is 31.0 Å². The van der Waals surface area contributed by atoms with Crippen LogP contribution in [0.2, 0.25) is 0 Å². The molecular formula is C16H22BrNO. The number of rotatable bonds is 8. The molecule has 0 atom stereocenters. The third-order valence-electron chi connectivity index (χ3n) is 3.35. The molecule has 0 aliphatic carbocycles. The van der Waals surface area contributed by atoms with E-state index in [1.54, 1.807) is 12.1 Å². The van der Waals surface area contributed by atoms with Crippen molar-refractivity contribution in [1.29, 1.82) is 5.26 Å². The predicted molar refractivity (Wildman–Crippen MR) is 82.7 cm³/mol. The first kappa shape index (κ1) is 16.0. The molecule has 0 saturated carbocycles. The average Bonchev–Trinajstić information content (AvgIpc) is 2.45. The van der Waals surface area contributed by atoms with Crippen LogP contribution < -0.4 is 4.74 Å². The van der Waals surface area contributed by atoms with Crippen molar-refractivity contribution in [3.63, 3.8) is 0 Å². The summed E-state index contributed by atoms with van der Waals surface area (Å²) in [6, 6.07) is 9.52. The highest BCUT2D eigenvalue weighted by atomic mass is 79.9. The third kappa shape index (κ3) is 4.87. The van der Waals surface area contributed by atoms with E-state index < -0.39 is 0 Å². The number of benzene rings is 1. The van der Waals surface area contributed by atoms with Gasteiger partial charge in [0.05, 0.1) is 18.2 Å². The van der Waals surface area contributed by atoms with Crippen LogP contribution in [0.4, 0.5) is 0 Å². The lowest BCUT2D eigenvalue weighted by atomic mass is 9.82. The molecule has 0 aromatic heterocycles. The first-order valence-corrected chi connectivity index (χ1v) is 8.00. The summed E-state index contributed by atoms with van der Waals surface area (Å²) in [5.41, 5.74) is 0.847. The molecule has 0 aliphatic heterocycles. The zero-order chi connectivity index (χ0) is 14.1. The fourth-order valence-electron chi connectivity index (χ4n) is 2.39. The van der Waals surface area contributed by atoms with Gasteiger partial charge in [0, 0.05) is 10.7 Å². The Kier molecular flexibility index (Phi) is 6.94. The van der Waals surface area contributed by atoms with Crippen molar-refractivity contribution >= 4 is 15.9 Å². The largest absolute Gasteiger partial charge is 0.493 e. The summed E-state index contributed by atoms with van der Waals surface area (Å²) >= 11 is 3.64. The molecule has 0 bridgehead atoms. The molecule has 3 heteroatoms. The Labute approximate surface area is 124 Å². The van der Waals surface area contributed by atoms with Crippen molar-refractivity contribution in [3.05, 3.63) is 29.8 Å². The van der Waals surface area contributed by atoms with Crippen LogP contribution in [0.15, 0.2) is 24.3 Å². The van der Waals surface area contributed by atoms with Crippen LogP contribution in [-0.4, -0.2) is 11.9 Å². The molecule has 1 aromatic carbocycles.